The molecular formula is C13H11Br2ClN2O2. The molecule has 0 unspecified atom stereocenters. The number of halogens is 3. The number of nitrogens with zero attached hydrogens (tertiary/aromatic N) is 2. The second-order valence-electron chi connectivity index (χ2n) is 4.01. The molecule has 0 aliphatic rings. The zero-order valence-electron chi connectivity index (χ0n) is 11.0. The van der Waals surface area contributed by atoms with Gasteiger partial charge in [-0.15, -0.1) is 0 Å². The molecule has 0 saturated carbocycles. The Morgan fingerprint density at radius 1 is 1.05 bits per heavy atom. The fourth-order valence-corrected chi connectivity index (χ4v) is 2.61. The monoisotopic (exact) mass is 420 g/mol. The predicted octanol–water partition coefficient (Wildman–Crippen LogP) is 5.07. The lowest BCUT2D eigenvalue weighted by Gasteiger charge is -2.12. The molecule has 0 radical (unpaired) electrons. The maximum atomic E-state index is 6.03. The van der Waals surface area contributed by atoms with Crippen LogP contribution in [0, 0.1) is 13.8 Å². The van der Waals surface area contributed by atoms with Gasteiger partial charge in [0.1, 0.15) is 22.5 Å². The molecular weight excluding hydrogens is 411 g/mol. The zero-order chi connectivity index (χ0) is 14.9. The first kappa shape index (κ1) is 15.5. The molecule has 1 aromatic carbocycles. The highest BCUT2D eigenvalue weighted by Crippen LogP contribution is 2.38. The lowest BCUT2D eigenvalue weighted by Crippen LogP contribution is -1.98. The maximum absolute atomic E-state index is 6.03. The van der Waals surface area contributed by atoms with E-state index in [1.54, 1.807) is 20.1 Å². The SMILES string of the molecule is COc1cc(Br)c(Oc2nc(C)nc(Cl)c2C)cc1Br. The molecule has 0 fully saturated rings. The molecule has 20 heavy (non-hydrogen) atoms. The van der Waals surface area contributed by atoms with E-state index in [1.807, 2.05) is 13.0 Å². The van der Waals surface area contributed by atoms with Crippen LogP contribution in [0.2, 0.25) is 5.15 Å². The van der Waals surface area contributed by atoms with Crippen molar-refractivity contribution < 1.29 is 9.47 Å². The Bertz CT molecular complexity index is 665. The summed E-state index contributed by atoms with van der Waals surface area (Å²) in [5.74, 6) is 2.30. The van der Waals surface area contributed by atoms with E-state index in [1.165, 1.54) is 0 Å². The third kappa shape index (κ3) is 3.24. The van der Waals surface area contributed by atoms with E-state index < -0.39 is 0 Å². The summed E-state index contributed by atoms with van der Waals surface area (Å²) in [7, 11) is 1.60. The topological polar surface area (TPSA) is 44.2 Å². The van der Waals surface area contributed by atoms with Gasteiger partial charge >= 0.3 is 0 Å². The number of hydrogen-bond donors (Lipinski definition) is 0. The summed E-state index contributed by atoms with van der Waals surface area (Å²) in [4.78, 5) is 8.33. The third-order valence-electron chi connectivity index (χ3n) is 2.57. The van der Waals surface area contributed by atoms with Crippen molar-refractivity contribution >= 4 is 43.5 Å². The standard InChI is InChI=1S/C13H11Br2ClN2O2/c1-6-12(16)17-7(2)18-13(6)20-11-5-8(14)10(19-3)4-9(11)15/h4-5H,1-3H3. The van der Waals surface area contributed by atoms with Gasteiger partial charge < -0.3 is 9.47 Å². The Morgan fingerprint density at radius 2 is 1.65 bits per heavy atom. The van der Waals surface area contributed by atoms with Crippen molar-refractivity contribution in [1.29, 1.82) is 0 Å². The summed E-state index contributed by atoms with van der Waals surface area (Å²) in [5, 5.41) is 0.385. The lowest BCUT2D eigenvalue weighted by molar-refractivity contribution is 0.408. The first-order chi connectivity index (χ1) is 9.42. The fourth-order valence-electron chi connectivity index (χ4n) is 1.52. The first-order valence-corrected chi connectivity index (χ1v) is 7.60. The Morgan fingerprint density at radius 3 is 2.30 bits per heavy atom. The minimum Gasteiger partial charge on any atom is -0.496 e. The predicted molar refractivity (Wildman–Crippen MR) is 85.0 cm³/mol. The van der Waals surface area contributed by atoms with Gasteiger partial charge in [-0.25, -0.2) is 4.98 Å². The molecule has 0 aliphatic carbocycles. The van der Waals surface area contributed by atoms with Crippen LogP contribution in [0.1, 0.15) is 11.4 Å². The molecule has 0 spiro atoms. The van der Waals surface area contributed by atoms with Crippen LogP contribution in [0.25, 0.3) is 0 Å². The number of aryl methyl sites for hydroxylation is 1. The molecule has 2 aromatic rings. The highest BCUT2D eigenvalue weighted by molar-refractivity contribution is 9.11. The van der Waals surface area contributed by atoms with E-state index >= 15 is 0 Å². The summed E-state index contributed by atoms with van der Waals surface area (Å²) in [6.07, 6.45) is 0. The molecule has 106 valence electrons. The van der Waals surface area contributed by atoms with Crippen LogP contribution in [-0.4, -0.2) is 17.1 Å². The van der Waals surface area contributed by atoms with Crippen LogP contribution < -0.4 is 9.47 Å². The highest BCUT2D eigenvalue weighted by Gasteiger charge is 2.13. The van der Waals surface area contributed by atoms with Gasteiger partial charge in [0.05, 0.1) is 16.1 Å². The fraction of sp³-hybridized carbons (Fsp3) is 0.231. The van der Waals surface area contributed by atoms with E-state index in [-0.39, 0.29) is 0 Å². The van der Waals surface area contributed by atoms with Gasteiger partial charge in [-0.3, -0.25) is 0 Å². The Hall–Kier alpha value is -0.850. The average molecular weight is 423 g/mol. The van der Waals surface area contributed by atoms with Crippen LogP contribution in [0.3, 0.4) is 0 Å². The van der Waals surface area contributed by atoms with Crippen molar-refractivity contribution in [1.82, 2.24) is 9.97 Å². The van der Waals surface area contributed by atoms with E-state index in [9.17, 15) is 0 Å². The van der Waals surface area contributed by atoms with E-state index in [0.717, 1.165) is 8.95 Å². The van der Waals surface area contributed by atoms with Crippen LogP contribution in [0.15, 0.2) is 21.1 Å². The summed E-state index contributed by atoms with van der Waals surface area (Å²) in [5.41, 5.74) is 0.691. The molecule has 4 nitrogen and oxygen atoms in total. The summed E-state index contributed by atoms with van der Waals surface area (Å²) in [6, 6.07) is 3.61. The van der Waals surface area contributed by atoms with Crippen LogP contribution in [-0.2, 0) is 0 Å². The van der Waals surface area contributed by atoms with Crippen molar-refractivity contribution in [3.63, 3.8) is 0 Å². The molecule has 0 atom stereocenters. The van der Waals surface area contributed by atoms with Gasteiger partial charge in [0.2, 0.25) is 5.88 Å². The van der Waals surface area contributed by atoms with Gasteiger partial charge in [0.15, 0.2) is 0 Å². The minimum atomic E-state index is 0.385. The molecule has 0 saturated heterocycles. The molecule has 0 aliphatic heterocycles. The largest absolute Gasteiger partial charge is 0.496 e. The Kier molecular flexibility index (Phi) is 4.88. The van der Waals surface area contributed by atoms with Gasteiger partial charge in [-0.2, -0.15) is 4.98 Å². The first-order valence-electron chi connectivity index (χ1n) is 5.64. The molecule has 1 heterocycles. The van der Waals surface area contributed by atoms with Gasteiger partial charge in [-0.05, 0) is 57.8 Å². The van der Waals surface area contributed by atoms with Crippen LogP contribution in [0.4, 0.5) is 0 Å². The Labute approximate surface area is 138 Å². The van der Waals surface area contributed by atoms with Crippen molar-refractivity contribution in [2.24, 2.45) is 0 Å². The molecule has 2 rings (SSSR count). The van der Waals surface area contributed by atoms with Gasteiger partial charge in [0.25, 0.3) is 0 Å². The molecule has 0 bridgehead atoms. The zero-order valence-corrected chi connectivity index (χ0v) is 14.9. The second-order valence-corrected chi connectivity index (χ2v) is 6.08. The van der Waals surface area contributed by atoms with Crippen LogP contribution >= 0.6 is 43.5 Å². The lowest BCUT2D eigenvalue weighted by atomic mass is 10.3. The van der Waals surface area contributed by atoms with Gasteiger partial charge in [0, 0.05) is 5.56 Å². The number of methoxy groups -OCH3 is 1. The minimum absolute atomic E-state index is 0.385. The second kappa shape index (κ2) is 6.28. The van der Waals surface area contributed by atoms with Crippen molar-refractivity contribution in [2.75, 3.05) is 7.11 Å². The molecule has 1 aromatic heterocycles. The molecule has 0 N–H and O–H groups in total. The van der Waals surface area contributed by atoms with E-state index in [4.69, 9.17) is 21.1 Å². The third-order valence-corrected chi connectivity index (χ3v) is 4.17. The Balaban J connectivity index is 2.43. The van der Waals surface area contributed by atoms with E-state index in [0.29, 0.717) is 33.9 Å². The quantitative estimate of drug-likeness (QED) is 0.648. The number of benzene rings is 1. The number of ether oxygens (including phenoxy) is 2. The van der Waals surface area contributed by atoms with Gasteiger partial charge in [-0.1, -0.05) is 11.6 Å². The average Bonchev–Trinajstić information content (AvgIpc) is 2.39. The number of aromatic nitrogens is 2. The smallest absolute Gasteiger partial charge is 0.227 e. The summed E-state index contributed by atoms with van der Waals surface area (Å²) < 4.78 is 12.6. The molecule has 0 amide bonds. The van der Waals surface area contributed by atoms with Crippen molar-refractivity contribution in [3.05, 3.63) is 37.6 Å². The van der Waals surface area contributed by atoms with Crippen LogP contribution in [0.5, 0.6) is 17.4 Å². The summed E-state index contributed by atoms with van der Waals surface area (Å²) in [6.45, 7) is 3.57. The summed E-state index contributed by atoms with van der Waals surface area (Å²) >= 11 is 12.9. The normalized spacial score (nSPS) is 10.5. The highest BCUT2D eigenvalue weighted by atomic mass is 79.9. The maximum Gasteiger partial charge on any atom is 0.227 e. The van der Waals surface area contributed by atoms with Crippen molar-refractivity contribution in [2.45, 2.75) is 13.8 Å². The number of rotatable bonds is 3. The number of hydrogen-bond acceptors (Lipinski definition) is 4. The molecule has 7 heteroatoms. The van der Waals surface area contributed by atoms with E-state index in [2.05, 4.69) is 41.8 Å². The van der Waals surface area contributed by atoms with Crippen molar-refractivity contribution in [3.8, 4) is 17.4 Å².